The van der Waals surface area contributed by atoms with Gasteiger partial charge in [0.15, 0.2) is 0 Å². The van der Waals surface area contributed by atoms with Gasteiger partial charge in [0, 0.05) is 23.8 Å². The average Bonchev–Trinajstić information content (AvgIpc) is 2.37. The summed E-state index contributed by atoms with van der Waals surface area (Å²) in [4.78, 5) is 16.4. The Kier molecular flexibility index (Phi) is 3.58. The summed E-state index contributed by atoms with van der Waals surface area (Å²) in [5.41, 5.74) is -0.249. The van der Waals surface area contributed by atoms with Gasteiger partial charge in [-0.25, -0.2) is 9.97 Å². The first kappa shape index (κ1) is 14.2. The third-order valence-corrected chi connectivity index (χ3v) is 2.49. The quantitative estimate of drug-likeness (QED) is 0.481. The van der Waals surface area contributed by atoms with Crippen LogP contribution in [0.2, 0.25) is 5.15 Å². The fourth-order valence-corrected chi connectivity index (χ4v) is 1.65. The highest BCUT2D eigenvalue weighted by Crippen LogP contribution is 2.30. The summed E-state index contributed by atoms with van der Waals surface area (Å²) in [5.74, 6) is -1.40. The van der Waals surface area contributed by atoms with E-state index in [1.54, 1.807) is 0 Å². The van der Waals surface area contributed by atoms with Gasteiger partial charge in [0.25, 0.3) is 5.69 Å². The van der Waals surface area contributed by atoms with E-state index in [9.17, 15) is 23.3 Å². The summed E-state index contributed by atoms with van der Waals surface area (Å²) in [6, 6.07) is 6.17. The molecular formula is C11H5ClF3N3O2. The summed E-state index contributed by atoms with van der Waals surface area (Å²) in [5, 5.41) is 10.2. The summed E-state index contributed by atoms with van der Waals surface area (Å²) in [6.07, 6.45) is -4.75. The topological polar surface area (TPSA) is 68.9 Å². The van der Waals surface area contributed by atoms with Crippen LogP contribution in [0.15, 0.2) is 30.3 Å². The molecule has 0 bridgehead atoms. The Hall–Kier alpha value is -2.22. The van der Waals surface area contributed by atoms with Crippen molar-refractivity contribution in [3.05, 3.63) is 51.4 Å². The molecule has 0 saturated heterocycles. The predicted octanol–water partition coefficient (Wildman–Crippen LogP) is 3.72. The molecule has 0 aliphatic heterocycles. The molecule has 104 valence electrons. The molecule has 0 fully saturated rings. The second-order valence-electron chi connectivity index (χ2n) is 3.70. The second-order valence-corrected chi connectivity index (χ2v) is 4.09. The van der Waals surface area contributed by atoms with Gasteiger partial charge in [0.1, 0.15) is 5.15 Å². The van der Waals surface area contributed by atoms with Crippen LogP contribution < -0.4 is 0 Å². The Morgan fingerprint density at radius 3 is 2.50 bits per heavy atom. The van der Waals surface area contributed by atoms with E-state index in [0.29, 0.717) is 0 Å². The highest BCUT2D eigenvalue weighted by Gasteiger charge is 2.35. The van der Waals surface area contributed by atoms with Crippen molar-refractivity contribution in [3.8, 4) is 11.3 Å². The van der Waals surface area contributed by atoms with E-state index >= 15 is 0 Å². The van der Waals surface area contributed by atoms with E-state index in [-0.39, 0.29) is 16.9 Å². The number of halogens is 4. The minimum absolute atomic E-state index is 0.138. The first-order valence-electron chi connectivity index (χ1n) is 5.14. The minimum atomic E-state index is -4.75. The van der Waals surface area contributed by atoms with Gasteiger partial charge in [-0.1, -0.05) is 23.7 Å². The monoisotopic (exact) mass is 303 g/mol. The molecule has 0 radical (unpaired) electrons. The lowest BCUT2D eigenvalue weighted by atomic mass is 10.1. The van der Waals surface area contributed by atoms with Gasteiger partial charge in [-0.05, 0) is 0 Å². The second kappa shape index (κ2) is 5.04. The van der Waals surface area contributed by atoms with E-state index in [1.165, 1.54) is 18.2 Å². The van der Waals surface area contributed by atoms with E-state index in [1.807, 2.05) is 0 Å². The van der Waals surface area contributed by atoms with Crippen LogP contribution in [0.3, 0.4) is 0 Å². The molecule has 20 heavy (non-hydrogen) atoms. The molecular weight excluding hydrogens is 299 g/mol. The number of alkyl halides is 3. The first-order valence-corrected chi connectivity index (χ1v) is 5.52. The molecule has 1 heterocycles. The third-order valence-electron chi connectivity index (χ3n) is 2.30. The average molecular weight is 304 g/mol. The molecule has 1 aromatic carbocycles. The molecule has 0 saturated carbocycles. The van der Waals surface area contributed by atoms with Gasteiger partial charge in [-0.15, -0.1) is 0 Å². The van der Waals surface area contributed by atoms with Crippen LogP contribution in [-0.4, -0.2) is 14.9 Å². The van der Waals surface area contributed by atoms with Crippen LogP contribution in [0.1, 0.15) is 5.82 Å². The molecule has 1 aromatic heterocycles. The van der Waals surface area contributed by atoms with Crippen LogP contribution in [0.4, 0.5) is 18.9 Å². The van der Waals surface area contributed by atoms with Crippen LogP contribution >= 0.6 is 11.6 Å². The fourth-order valence-electron chi connectivity index (χ4n) is 1.47. The molecule has 0 aliphatic rings. The Morgan fingerprint density at radius 1 is 1.20 bits per heavy atom. The van der Waals surface area contributed by atoms with Gasteiger partial charge >= 0.3 is 6.18 Å². The summed E-state index contributed by atoms with van der Waals surface area (Å²) < 4.78 is 37.7. The number of nitro groups is 1. The minimum Gasteiger partial charge on any atom is -0.258 e. The maximum Gasteiger partial charge on any atom is 0.451 e. The molecule has 5 nitrogen and oxygen atoms in total. The van der Waals surface area contributed by atoms with Gasteiger partial charge in [-0.2, -0.15) is 13.2 Å². The van der Waals surface area contributed by atoms with E-state index < -0.39 is 22.1 Å². The normalized spacial score (nSPS) is 11.4. The molecule has 9 heteroatoms. The van der Waals surface area contributed by atoms with Gasteiger partial charge in [0.2, 0.25) is 5.82 Å². The van der Waals surface area contributed by atoms with Crippen molar-refractivity contribution in [2.24, 2.45) is 0 Å². The van der Waals surface area contributed by atoms with E-state index in [0.717, 1.165) is 12.1 Å². The lowest BCUT2D eigenvalue weighted by Gasteiger charge is -2.07. The summed E-state index contributed by atoms with van der Waals surface area (Å²) in [6.45, 7) is 0. The number of benzene rings is 1. The van der Waals surface area contributed by atoms with E-state index in [4.69, 9.17) is 11.6 Å². The number of rotatable bonds is 2. The van der Waals surface area contributed by atoms with Crippen molar-refractivity contribution in [2.45, 2.75) is 6.18 Å². The van der Waals surface area contributed by atoms with Crippen molar-refractivity contribution < 1.29 is 18.1 Å². The van der Waals surface area contributed by atoms with Crippen molar-refractivity contribution in [1.29, 1.82) is 0 Å². The zero-order chi connectivity index (χ0) is 14.9. The van der Waals surface area contributed by atoms with Crippen molar-refractivity contribution in [1.82, 2.24) is 9.97 Å². The molecule has 0 amide bonds. The highest BCUT2D eigenvalue weighted by atomic mass is 35.5. The van der Waals surface area contributed by atoms with Crippen LogP contribution in [-0.2, 0) is 6.18 Å². The van der Waals surface area contributed by atoms with Crippen LogP contribution in [0, 0.1) is 10.1 Å². The third kappa shape index (κ3) is 3.02. The largest absolute Gasteiger partial charge is 0.451 e. The maximum atomic E-state index is 12.6. The number of hydrogen-bond acceptors (Lipinski definition) is 4. The lowest BCUT2D eigenvalue weighted by Crippen LogP contribution is -2.11. The Bertz CT molecular complexity index is 676. The molecule has 0 atom stereocenters. The highest BCUT2D eigenvalue weighted by molar-refractivity contribution is 6.29. The fraction of sp³-hybridized carbons (Fsp3) is 0.0909. The maximum absolute atomic E-state index is 12.6. The lowest BCUT2D eigenvalue weighted by molar-refractivity contribution is -0.384. The molecule has 0 N–H and O–H groups in total. The smallest absolute Gasteiger partial charge is 0.258 e. The number of nitro benzene ring substituents is 1. The SMILES string of the molecule is O=[N+]([O-])c1cccc(-c2cc(Cl)nc(C(F)(F)F)n2)c1. The summed E-state index contributed by atoms with van der Waals surface area (Å²) >= 11 is 5.52. The first-order chi connectivity index (χ1) is 9.27. The molecule has 2 aromatic rings. The number of hydrogen-bond donors (Lipinski definition) is 0. The Balaban J connectivity index is 2.55. The molecule has 0 spiro atoms. The van der Waals surface area contributed by atoms with Gasteiger partial charge < -0.3 is 0 Å². The zero-order valence-electron chi connectivity index (χ0n) is 9.56. The predicted molar refractivity (Wildman–Crippen MR) is 64.1 cm³/mol. The summed E-state index contributed by atoms with van der Waals surface area (Å²) in [7, 11) is 0. The van der Waals surface area contributed by atoms with Crippen molar-refractivity contribution >= 4 is 17.3 Å². The number of aromatic nitrogens is 2. The molecule has 0 unspecified atom stereocenters. The number of non-ortho nitro benzene ring substituents is 1. The molecule has 0 aliphatic carbocycles. The Labute approximate surface area is 115 Å². The van der Waals surface area contributed by atoms with Gasteiger partial charge in [-0.3, -0.25) is 10.1 Å². The van der Waals surface area contributed by atoms with Crippen LogP contribution in [0.25, 0.3) is 11.3 Å². The van der Waals surface area contributed by atoms with Gasteiger partial charge in [0.05, 0.1) is 10.6 Å². The van der Waals surface area contributed by atoms with E-state index in [2.05, 4.69) is 9.97 Å². The Morgan fingerprint density at radius 2 is 1.90 bits per heavy atom. The number of nitrogens with zero attached hydrogens (tertiary/aromatic N) is 3. The zero-order valence-corrected chi connectivity index (χ0v) is 10.3. The van der Waals surface area contributed by atoms with Crippen LogP contribution in [0.5, 0.6) is 0 Å². The molecule has 2 rings (SSSR count). The standard InChI is InChI=1S/C11H5ClF3N3O2/c12-9-5-8(16-10(17-9)11(13,14)15)6-2-1-3-7(4-6)18(19)20/h1-5H. The van der Waals surface area contributed by atoms with Crippen molar-refractivity contribution in [2.75, 3.05) is 0 Å². The van der Waals surface area contributed by atoms with Crippen molar-refractivity contribution in [3.63, 3.8) is 0 Å².